The Morgan fingerprint density at radius 1 is 0.919 bits per heavy atom. The molecule has 0 atom stereocenters. The second-order valence-corrected chi connectivity index (χ2v) is 10.1. The molecule has 5 aromatic rings. The highest BCUT2D eigenvalue weighted by Crippen LogP contribution is 2.41. The van der Waals surface area contributed by atoms with Crippen molar-refractivity contribution in [3.05, 3.63) is 84.8 Å². The van der Waals surface area contributed by atoms with Crippen LogP contribution in [0.3, 0.4) is 0 Å². The Labute approximate surface area is 212 Å². The summed E-state index contributed by atoms with van der Waals surface area (Å²) in [5, 5.41) is 0.432. The molecule has 37 heavy (non-hydrogen) atoms. The highest BCUT2D eigenvalue weighted by Gasteiger charge is 2.27. The number of nitrogen functional groups attached to an aromatic ring is 1. The van der Waals surface area contributed by atoms with Gasteiger partial charge in [-0.05, 0) is 30.3 Å². The van der Waals surface area contributed by atoms with E-state index in [-0.39, 0.29) is 17.2 Å². The van der Waals surface area contributed by atoms with E-state index in [4.69, 9.17) is 5.73 Å². The molecular weight excluding hydrogens is 527 g/mol. The molecule has 0 aliphatic carbocycles. The fourth-order valence-electron chi connectivity index (χ4n) is 3.44. The predicted molar refractivity (Wildman–Crippen MR) is 131 cm³/mol. The molecule has 0 saturated heterocycles. The summed E-state index contributed by atoms with van der Waals surface area (Å²) in [6, 6.07) is 8.02. The van der Waals surface area contributed by atoms with Crippen LogP contribution in [-0.2, 0) is 10.0 Å². The summed E-state index contributed by atoms with van der Waals surface area (Å²) in [5.74, 6) is -3.67. The Balaban J connectivity index is 1.64. The van der Waals surface area contributed by atoms with Crippen LogP contribution in [-0.4, -0.2) is 33.3 Å². The minimum atomic E-state index is -4.81. The van der Waals surface area contributed by atoms with Gasteiger partial charge < -0.3 is 5.73 Å². The quantitative estimate of drug-likeness (QED) is 0.320. The van der Waals surface area contributed by atoms with Gasteiger partial charge >= 0.3 is 0 Å². The lowest BCUT2D eigenvalue weighted by Crippen LogP contribution is -2.17. The minimum Gasteiger partial charge on any atom is -0.368 e. The summed E-state index contributed by atoms with van der Waals surface area (Å²) in [6.45, 7) is 0. The molecule has 0 bridgehead atoms. The first-order valence-corrected chi connectivity index (χ1v) is 12.7. The number of halogens is 3. The molecule has 3 N–H and O–H groups in total. The van der Waals surface area contributed by atoms with Crippen LogP contribution >= 0.6 is 11.3 Å². The predicted octanol–water partition coefficient (Wildman–Crippen LogP) is 4.52. The van der Waals surface area contributed by atoms with Crippen molar-refractivity contribution < 1.29 is 21.6 Å². The molecule has 2 aromatic carbocycles. The Kier molecular flexibility index (Phi) is 6.27. The van der Waals surface area contributed by atoms with Gasteiger partial charge in [-0.25, -0.2) is 46.5 Å². The fourth-order valence-corrected chi connectivity index (χ4v) is 5.66. The molecule has 0 radical (unpaired) electrons. The zero-order valence-corrected chi connectivity index (χ0v) is 20.1. The number of benzene rings is 2. The molecule has 3 aromatic heterocycles. The van der Waals surface area contributed by atoms with Gasteiger partial charge in [0.25, 0.3) is 10.0 Å². The van der Waals surface area contributed by atoms with Crippen molar-refractivity contribution >= 4 is 33.0 Å². The topological polar surface area (TPSA) is 137 Å². The Hall–Kier alpha value is -4.43. The smallest absolute Gasteiger partial charge is 0.267 e. The van der Waals surface area contributed by atoms with Gasteiger partial charge in [-0.15, -0.1) is 11.3 Å². The summed E-state index contributed by atoms with van der Waals surface area (Å²) >= 11 is 1.16. The van der Waals surface area contributed by atoms with Gasteiger partial charge in [0, 0.05) is 29.7 Å². The van der Waals surface area contributed by atoms with E-state index < -0.39 is 38.1 Å². The lowest BCUT2D eigenvalue weighted by molar-refractivity contribution is 0.521. The Bertz CT molecular complexity index is 1710. The van der Waals surface area contributed by atoms with E-state index in [0.29, 0.717) is 21.1 Å². The Morgan fingerprint density at radius 3 is 2.32 bits per heavy atom. The number of sulfonamides is 1. The maximum absolute atomic E-state index is 15.8. The molecule has 0 unspecified atom stereocenters. The number of aromatic nitrogens is 5. The monoisotopic (exact) mass is 541 g/mol. The van der Waals surface area contributed by atoms with Crippen molar-refractivity contribution in [1.82, 2.24) is 24.9 Å². The number of hydrogen-bond donors (Lipinski definition) is 2. The average molecular weight is 542 g/mol. The lowest BCUT2D eigenvalue weighted by Gasteiger charge is -2.12. The van der Waals surface area contributed by atoms with E-state index in [1.54, 1.807) is 6.07 Å². The number of thiazole rings is 1. The van der Waals surface area contributed by atoms with Crippen LogP contribution in [0.4, 0.5) is 24.8 Å². The van der Waals surface area contributed by atoms with Crippen molar-refractivity contribution in [2.45, 2.75) is 4.90 Å². The molecule has 0 spiro atoms. The summed E-state index contributed by atoms with van der Waals surface area (Å²) in [7, 11) is -4.81. The van der Waals surface area contributed by atoms with Crippen LogP contribution in [0.2, 0.25) is 0 Å². The fraction of sp³-hybridized carbons (Fsp3) is 0. The maximum Gasteiger partial charge on any atom is 0.267 e. The number of rotatable bonds is 6. The molecule has 0 aliphatic heterocycles. The molecule has 5 rings (SSSR count). The number of nitrogens with one attached hydrogen (secondary N) is 1. The zero-order valence-electron chi connectivity index (χ0n) is 18.4. The maximum atomic E-state index is 15.8. The van der Waals surface area contributed by atoms with Crippen LogP contribution in [0.5, 0.6) is 0 Å². The Morgan fingerprint density at radius 2 is 1.62 bits per heavy atom. The van der Waals surface area contributed by atoms with Crippen molar-refractivity contribution in [3.63, 3.8) is 0 Å². The first-order chi connectivity index (χ1) is 17.7. The van der Waals surface area contributed by atoms with E-state index >= 15 is 4.39 Å². The number of nitrogens with zero attached hydrogens (tertiary/aromatic N) is 5. The number of anilines is 2. The van der Waals surface area contributed by atoms with Gasteiger partial charge in [0.05, 0.1) is 22.0 Å². The number of hydrogen-bond acceptors (Lipinski definition) is 9. The number of nitrogens with two attached hydrogens (primary N) is 1. The summed E-state index contributed by atoms with van der Waals surface area (Å²) < 4.78 is 71.4. The van der Waals surface area contributed by atoms with E-state index in [1.807, 2.05) is 4.72 Å². The van der Waals surface area contributed by atoms with E-state index in [0.717, 1.165) is 35.6 Å². The highest BCUT2D eigenvalue weighted by atomic mass is 32.2. The van der Waals surface area contributed by atoms with Crippen LogP contribution < -0.4 is 10.5 Å². The normalized spacial score (nSPS) is 11.4. The van der Waals surface area contributed by atoms with Gasteiger partial charge in [0.15, 0.2) is 10.7 Å². The molecule has 186 valence electrons. The van der Waals surface area contributed by atoms with E-state index in [1.165, 1.54) is 37.1 Å². The van der Waals surface area contributed by atoms with Crippen molar-refractivity contribution in [2.75, 3.05) is 10.5 Å². The van der Waals surface area contributed by atoms with Crippen molar-refractivity contribution in [1.29, 1.82) is 0 Å². The first kappa shape index (κ1) is 24.3. The molecule has 0 saturated carbocycles. The zero-order chi connectivity index (χ0) is 26.2. The second-order valence-electron chi connectivity index (χ2n) is 7.45. The second kappa shape index (κ2) is 9.55. The van der Waals surface area contributed by atoms with Gasteiger partial charge in [0.2, 0.25) is 5.95 Å². The SMILES string of the molecule is Nc1nccc(-c2sc(-c3cncnc3)nc2-c2cccc(NS(=O)(=O)c3c(F)cccc3F)c2F)n1. The van der Waals surface area contributed by atoms with Gasteiger partial charge in [-0.2, -0.15) is 0 Å². The van der Waals surface area contributed by atoms with E-state index in [2.05, 4.69) is 24.9 Å². The third kappa shape index (κ3) is 4.71. The largest absolute Gasteiger partial charge is 0.368 e. The standard InChI is InChI=1S/C23H14F3N7O2S2/c24-14-4-2-5-15(25)21(14)37(34,35)33-16-6-1-3-13(18(16)26)19-20(17-7-8-30-23(27)31-17)36-22(32-19)12-9-28-11-29-10-12/h1-11,33H,(H2,27,30,31). The third-order valence-corrected chi connectivity index (χ3v) is 7.57. The van der Waals surface area contributed by atoms with Crippen molar-refractivity contribution in [3.8, 4) is 32.4 Å². The summed E-state index contributed by atoms with van der Waals surface area (Å²) in [4.78, 5) is 19.7. The third-order valence-electron chi connectivity index (χ3n) is 5.03. The van der Waals surface area contributed by atoms with Gasteiger partial charge in [-0.1, -0.05) is 12.1 Å². The molecular formula is C23H14F3N7O2S2. The first-order valence-electron chi connectivity index (χ1n) is 10.4. The van der Waals surface area contributed by atoms with Gasteiger partial charge in [0.1, 0.15) is 23.0 Å². The molecule has 9 nitrogen and oxygen atoms in total. The molecule has 14 heteroatoms. The van der Waals surface area contributed by atoms with Crippen LogP contribution in [0.1, 0.15) is 0 Å². The molecule has 0 aliphatic rings. The van der Waals surface area contributed by atoms with E-state index in [9.17, 15) is 17.2 Å². The van der Waals surface area contributed by atoms with Crippen LogP contribution in [0.15, 0.2) is 72.3 Å². The molecule has 0 fully saturated rings. The average Bonchev–Trinajstić information content (AvgIpc) is 3.31. The summed E-state index contributed by atoms with van der Waals surface area (Å²) in [5.41, 5.74) is 6.12. The summed E-state index contributed by atoms with van der Waals surface area (Å²) in [6.07, 6.45) is 5.82. The van der Waals surface area contributed by atoms with Crippen LogP contribution in [0.25, 0.3) is 32.4 Å². The lowest BCUT2D eigenvalue weighted by atomic mass is 10.1. The molecule has 0 amide bonds. The van der Waals surface area contributed by atoms with Crippen molar-refractivity contribution in [2.24, 2.45) is 0 Å². The van der Waals surface area contributed by atoms with Gasteiger partial charge in [-0.3, -0.25) is 4.72 Å². The molecule has 3 heterocycles. The van der Waals surface area contributed by atoms with Crippen LogP contribution in [0, 0.1) is 17.5 Å². The highest BCUT2D eigenvalue weighted by molar-refractivity contribution is 7.92. The minimum absolute atomic E-state index is 0.0182.